The lowest BCUT2D eigenvalue weighted by atomic mass is 9.78. The maximum Gasteiger partial charge on any atom is 0.341 e. The number of anilines is 3. The number of hydrogen-bond acceptors (Lipinski definition) is 36. The predicted octanol–water partition coefficient (Wildman–Crippen LogP) is -1.59. The first kappa shape index (κ1) is 101. The maximum atomic E-state index is 15.6. The highest BCUT2D eigenvalue weighted by Gasteiger charge is 2.55. The van der Waals surface area contributed by atoms with E-state index in [2.05, 4.69) is 34.7 Å². The van der Waals surface area contributed by atoms with Crippen LogP contribution in [0.2, 0.25) is 0 Å². The Hall–Kier alpha value is -8.68. The van der Waals surface area contributed by atoms with Crippen molar-refractivity contribution in [3.8, 4) is 17.2 Å². The normalized spacial score (nSPS) is 34.9. The summed E-state index contributed by atoms with van der Waals surface area (Å²) in [4.78, 5) is 92.0. The van der Waals surface area contributed by atoms with Gasteiger partial charge in [-0.2, -0.15) is 0 Å². The van der Waals surface area contributed by atoms with Crippen LogP contribution in [-0.4, -0.2) is 311 Å². The van der Waals surface area contributed by atoms with Gasteiger partial charge in [-0.15, -0.1) is 0 Å². The van der Waals surface area contributed by atoms with Crippen molar-refractivity contribution in [2.45, 2.75) is 273 Å². The van der Waals surface area contributed by atoms with Crippen molar-refractivity contribution in [1.82, 2.24) is 20.1 Å². The zero-order chi connectivity index (χ0) is 95.1. The van der Waals surface area contributed by atoms with Crippen LogP contribution in [-0.2, 0) is 47.5 Å². The first-order chi connectivity index (χ1) is 60.7. The quantitative estimate of drug-likeness (QED) is 0.0322. The number of aromatic hydroxyl groups is 2. The Labute approximate surface area is 742 Å². The number of carboxylic acids is 1. The van der Waals surface area contributed by atoms with Crippen molar-refractivity contribution in [3.05, 3.63) is 91.6 Å². The molecule has 2 amide bonds. The molecular formula is C87H127F2N13O27. The summed E-state index contributed by atoms with van der Waals surface area (Å²) in [5, 5.41) is 147. The second-order valence-electron chi connectivity index (χ2n) is 36.1. The number of carbonyl (C=O) groups is 5. The summed E-state index contributed by atoms with van der Waals surface area (Å²) in [7, 11) is 1.47. The number of benzene rings is 3. The number of nitrogens with zero attached hydrogens (tertiary/aromatic N) is 5. The van der Waals surface area contributed by atoms with E-state index in [9.17, 15) is 95.2 Å². The minimum atomic E-state index is -1.96. The van der Waals surface area contributed by atoms with E-state index in [1.54, 1.807) is 70.7 Å². The molecule has 6 fully saturated rings. The molecule has 42 heteroatoms. The molecule has 4 saturated heterocycles. The second-order valence-corrected chi connectivity index (χ2v) is 36.1. The number of aromatic nitrogens is 1. The van der Waals surface area contributed by atoms with E-state index in [0.717, 1.165) is 25.6 Å². The number of ketones is 1. The van der Waals surface area contributed by atoms with Gasteiger partial charge in [0.1, 0.15) is 107 Å². The SMILES string of the molecule is CO[C@H]1/C=C/O[C@@]2(C)Oc3c(C)c(O)c4c(O)c(c5c(c4c3C2=O)=NC2(CCN(CC(C)C)CC2)N=5)NC(=O)/C(C)=C\C=C\[C@H](C)[C@H](O)[C@@H](C)[C@@H](O)[C@@H](C)[C@H](OC(C)=O)[C@@H]1C.C[C@@H]1CN(c2c(F)c(N)c3c(=O)c(C(=O)O)cn(C4CC4)c3c2F)C[C@H](C)N1.NCC[C@H](O)C(=O)N[C@@H]1C[C@H](N)[C@@H](O[C@H]2O[C@H](CN)[C@@H](O)[C@H](O)[C@H]2O)[C@H](O)[C@H]1O[C@H]1O[C@H](CO)[C@@H](O)[C@H](N)[C@H]1O. The van der Waals surface area contributed by atoms with Gasteiger partial charge in [-0.05, 0) is 71.9 Å². The molecule has 2 aliphatic carbocycles. The number of nitrogens with two attached hydrogens (primary N) is 5. The standard InChI is InChI=1S/C46H62N4O11.C22H43N5O13.C19H22F2N4O3/c1-22(2)21-50-18-16-46(17-19-50)48-34-31-32-39(54)28(8)42-33(31)43(56)45(10,61-42)59-20-15-30(58-11)25(5)41(60-29(9)51)27(7)38(53)26(6)37(52)23(3)13-12-14-24(4)44(57)47-36(40(32)55)35(34)49-46;23-2-1-8(29)20(36)27-7-3-6(25)18(39-22-16(34)15(33)13(31)9(4-24)37-22)17(35)19(7)40-21-14(32)11(26)12(30)10(5-28)38-21;1-8-5-24(6-9(2)23-8)17-13(20)15(22)12-16(14(17)21)25(10-3-4-10)7-11(18(12)26)19(27)28/h12-15,20,22-23,25-27,30,37-38,41,52-55H,16-19,21H2,1-11H3,(H,47,57);6-19,21-22,28-35H,1-5,23-26H2,(H,27,36);7-10,23H,3-6,22H2,1-2H3,(H,27,28)/b13-12+,20-15+,24-14-;;/t23-,25+,26+,27+,30-,37-,38+,41+,45-;6-,7+,8-,9+,10+,11-,12+,13+,14+,15-,16+,17-,18+,19-,21+,22+;8-,9+/m00./s1. The van der Waals surface area contributed by atoms with E-state index in [4.69, 9.17) is 76.5 Å². The number of aliphatic hydroxyl groups excluding tert-OH is 10. The summed E-state index contributed by atoms with van der Waals surface area (Å²) in [6.45, 7) is 23.2. The predicted molar refractivity (Wildman–Crippen MR) is 461 cm³/mol. The number of nitrogens with one attached hydrogen (secondary N) is 3. The van der Waals surface area contributed by atoms with Gasteiger partial charge in [-0.1, -0.05) is 59.8 Å². The van der Waals surface area contributed by atoms with Gasteiger partial charge in [0.2, 0.25) is 11.3 Å². The molecular weight excluding hydrogens is 1700 g/mol. The monoisotopic (exact) mass is 1820 g/mol. The highest BCUT2D eigenvalue weighted by Crippen LogP contribution is 2.51. The van der Waals surface area contributed by atoms with Crippen molar-refractivity contribution in [2.24, 2.45) is 62.5 Å². The minimum Gasteiger partial charge on any atom is -0.507 e. The number of Topliss-reactive ketones (excluding diaryl/α,β-unsaturated/α-hetero) is 1. The largest absolute Gasteiger partial charge is 0.507 e. The molecule has 8 heterocycles. The number of pyridine rings is 1. The lowest BCUT2D eigenvalue weighted by molar-refractivity contribution is -0.332. The molecule has 9 aliphatic rings. The third-order valence-corrected chi connectivity index (χ3v) is 25.8. The lowest BCUT2D eigenvalue weighted by Crippen LogP contribution is -2.69. The summed E-state index contributed by atoms with van der Waals surface area (Å²) in [6.07, 6.45) is -12.2. The number of aliphatic hydroxyl groups is 10. The van der Waals surface area contributed by atoms with Crippen molar-refractivity contribution in [3.63, 3.8) is 0 Å². The van der Waals surface area contributed by atoms with Crippen LogP contribution in [0.4, 0.5) is 25.8 Å². The van der Waals surface area contributed by atoms with Gasteiger partial charge in [0.05, 0.1) is 76.2 Å². The van der Waals surface area contributed by atoms with E-state index in [-0.39, 0.29) is 111 Å². The minimum absolute atomic E-state index is 0.0101. The van der Waals surface area contributed by atoms with Crippen LogP contribution in [0.1, 0.15) is 147 Å². The Balaban J connectivity index is 0.000000203. The zero-order valence-electron chi connectivity index (χ0n) is 74.4. The average Bonchev–Trinajstić information content (AvgIpc) is 1.55. The van der Waals surface area contributed by atoms with Gasteiger partial charge in [0, 0.05) is 144 Å². The van der Waals surface area contributed by atoms with E-state index in [1.807, 2.05) is 13.8 Å². The average molecular weight is 1830 g/mol. The molecule has 129 heavy (non-hydrogen) atoms. The van der Waals surface area contributed by atoms with Crippen LogP contribution < -0.4 is 70.4 Å². The summed E-state index contributed by atoms with van der Waals surface area (Å²) in [5.74, 6) is -10.6. The highest BCUT2D eigenvalue weighted by atomic mass is 19.1. The van der Waals surface area contributed by atoms with Gasteiger partial charge in [-0.25, -0.2) is 13.6 Å². The molecule has 26 N–H and O–H groups in total. The van der Waals surface area contributed by atoms with Crippen molar-refractivity contribution in [1.29, 1.82) is 0 Å². The molecule has 4 bridgehead atoms. The maximum absolute atomic E-state index is 15.6. The van der Waals surface area contributed by atoms with Gasteiger partial charge >= 0.3 is 17.7 Å². The molecule has 1 spiro atoms. The first-order valence-corrected chi connectivity index (χ1v) is 43.6. The molecule has 7 aliphatic heterocycles. The van der Waals surface area contributed by atoms with E-state index < -0.39 is 233 Å². The third-order valence-electron chi connectivity index (χ3n) is 25.8. The van der Waals surface area contributed by atoms with E-state index >= 15 is 8.78 Å². The summed E-state index contributed by atoms with van der Waals surface area (Å²) in [5.41, 5.74) is 26.0. The Morgan fingerprint density at radius 3 is 1.99 bits per heavy atom. The van der Waals surface area contributed by atoms with E-state index in [0.29, 0.717) is 44.9 Å². The van der Waals surface area contributed by atoms with Gasteiger partial charge in [-0.3, -0.25) is 34.0 Å². The van der Waals surface area contributed by atoms with Gasteiger partial charge in [0.25, 0.3) is 11.7 Å². The van der Waals surface area contributed by atoms with Crippen LogP contribution in [0.5, 0.6) is 17.2 Å². The summed E-state index contributed by atoms with van der Waals surface area (Å²) in [6, 6.07) is -3.56. The molecule has 3 aromatic carbocycles. The van der Waals surface area contributed by atoms with Crippen LogP contribution in [0.15, 0.2) is 57.1 Å². The number of esters is 1. The van der Waals surface area contributed by atoms with Crippen LogP contribution in [0.25, 0.3) is 21.7 Å². The number of rotatable bonds is 17. The molecule has 1 aromatic heterocycles. The summed E-state index contributed by atoms with van der Waals surface area (Å²) >= 11 is 0. The number of halogens is 2. The number of piperazine rings is 1. The number of phenolic OH excluding ortho intramolecular Hbond substituents is 2. The third kappa shape index (κ3) is 20.8. The van der Waals surface area contributed by atoms with Crippen molar-refractivity contribution in [2.75, 3.05) is 75.5 Å². The lowest BCUT2D eigenvalue weighted by Gasteiger charge is -2.49. The molecule has 27 atom stereocenters. The number of allylic oxidation sites excluding steroid dienone is 2. The molecule has 0 unspecified atom stereocenters. The molecule has 40 nitrogen and oxygen atoms in total. The van der Waals surface area contributed by atoms with Crippen LogP contribution in [0.3, 0.4) is 0 Å². The van der Waals surface area contributed by atoms with Crippen molar-refractivity contribution >= 4 is 68.3 Å². The van der Waals surface area contributed by atoms with E-state index in [1.165, 1.54) is 31.8 Å². The number of carbonyl (C=O) groups excluding carboxylic acids is 4. The number of nitrogen functional groups attached to an aromatic ring is 1. The zero-order valence-corrected chi connectivity index (χ0v) is 74.4. The van der Waals surface area contributed by atoms with Crippen LogP contribution in [0, 0.1) is 48.1 Å². The number of piperidine rings is 1. The number of amides is 2. The fourth-order valence-corrected chi connectivity index (χ4v) is 18.4. The first-order valence-electron chi connectivity index (χ1n) is 43.6. The second kappa shape index (κ2) is 41.2. The molecule has 13 rings (SSSR count). The fourth-order valence-electron chi connectivity index (χ4n) is 18.4. The number of ether oxygens (including phenoxy) is 8. The number of methoxy groups -OCH3 is 1. The number of likely N-dealkylation sites (tertiary alicyclic amines) is 1. The molecule has 716 valence electrons. The van der Waals surface area contributed by atoms with Crippen LogP contribution >= 0.6 is 0 Å². The number of carboxylic acid groups (broad SMARTS) is 1. The number of hydrogen-bond donors (Lipinski definition) is 21. The smallest absolute Gasteiger partial charge is 0.341 e. The Morgan fingerprint density at radius 2 is 1.40 bits per heavy atom. The van der Waals surface area contributed by atoms with Gasteiger partial charge < -0.3 is 163 Å². The Morgan fingerprint density at radius 1 is 0.767 bits per heavy atom. The molecule has 0 radical (unpaired) electrons. The Bertz CT molecular complexity index is 5060. The van der Waals surface area contributed by atoms with Crippen molar-refractivity contribution < 1.29 is 137 Å². The molecule has 4 aromatic rings. The highest BCUT2D eigenvalue weighted by molar-refractivity contribution is 6.19. The fraction of sp³-hybridized carbons (Fsp3) is 0.655. The topological polar surface area (TPSA) is 642 Å². The Kier molecular flexibility index (Phi) is 32.2. The molecule has 2 saturated carbocycles. The number of phenols is 2. The summed E-state index contributed by atoms with van der Waals surface area (Å²) < 4.78 is 78.7. The number of aromatic carboxylic acids is 1. The van der Waals surface area contributed by atoms with Gasteiger partial charge in [0.15, 0.2) is 35.6 Å². The number of fused-ring (bicyclic) bond motifs is 2.